The van der Waals surface area contributed by atoms with Gasteiger partial charge in [0, 0.05) is 11.3 Å². The molecule has 1 heterocycles. The highest BCUT2D eigenvalue weighted by molar-refractivity contribution is 5.67. The summed E-state index contributed by atoms with van der Waals surface area (Å²) in [4.78, 5) is 8.27. The molecule has 16 heavy (non-hydrogen) atoms. The van der Waals surface area contributed by atoms with Crippen LogP contribution >= 0.6 is 0 Å². The molecule has 4 heteroatoms. The van der Waals surface area contributed by atoms with Crippen molar-refractivity contribution in [2.75, 3.05) is 12.8 Å². The Morgan fingerprint density at radius 1 is 1.19 bits per heavy atom. The van der Waals surface area contributed by atoms with Crippen LogP contribution in [0.3, 0.4) is 0 Å². The van der Waals surface area contributed by atoms with E-state index >= 15 is 0 Å². The van der Waals surface area contributed by atoms with Crippen molar-refractivity contribution in [1.29, 1.82) is 0 Å². The summed E-state index contributed by atoms with van der Waals surface area (Å²) >= 11 is 0. The molecule has 0 spiro atoms. The molecule has 0 radical (unpaired) electrons. The molecule has 2 rings (SSSR count). The zero-order chi connectivity index (χ0) is 11.5. The van der Waals surface area contributed by atoms with Gasteiger partial charge in [0.15, 0.2) is 0 Å². The lowest BCUT2D eigenvalue weighted by atomic mass is 10.1. The maximum absolute atomic E-state index is 5.75. The van der Waals surface area contributed by atoms with Crippen LogP contribution in [0.1, 0.15) is 5.69 Å². The van der Waals surface area contributed by atoms with Crippen molar-refractivity contribution in [1.82, 2.24) is 9.97 Å². The van der Waals surface area contributed by atoms with E-state index in [1.165, 1.54) is 0 Å². The van der Waals surface area contributed by atoms with Crippen molar-refractivity contribution in [2.45, 2.75) is 6.92 Å². The minimum atomic E-state index is 0.622. The number of ether oxygens (including phenoxy) is 1. The molecule has 0 bridgehead atoms. The van der Waals surface area contributed by atoms with Crippen molar-refractivity contribution < 1.29 is 4.74 Å². The third-order valence-electron chi connectivity index (χ3n) is 2.33. The Balaban J connectivity index is 2.48. The zero-order valence-electron chi connectivity index (χ0n) is 9.27. The summed E-state index contributed by atoms with van der Waals surface area (Å²) in [5, 5.41) is 0. The minimum Gasteiger partial charge on any atom is -0.495 e. The van der Waals surface area contributed by atoms with Crippen LogP contribution in [0.2, 0.25) is 0 Å². The standard InChI is InChI=1S/C12H13N3O/c1-8-5-11(15-7-14-8)9-3-4-10(13)12(6-9)16-2/h3-7H,13H2,1-2H3. The van der Waals surface area contributed by atoms with E-state index in [1.807, 2.05) is 31.2 Å². The van der Waals surface area contributed by atoms with E-state index in [1.54, 1.807) is 13.4 Å². The van der Waals surface area contributed by atoms with E-state index in [9.17, 15) is 0 Å². The fourth-order valence-electron chi connectivity index (χ4n) is 1.48. The maximum Gasteiger partial charge on any atom is 0.142 e. The molecule has 0 unspecified atom stereocenters. The fourth-order valence-corrected chi connectivity index (χ4v) is 1.48. The number of nitrogen functional groups attached to an aromatic ring is 1. The number of hydrogen-bond donors (Lipinski definition) is 1. The van der Waals surface area contributed by atoms with Gasteiger partial charge in [-0.15, -0.1) is 0 Å². The van der Waals surface area contributed by atoms with E-state index < -0.39 is 0 Å². The van der Waals surface area contributed by atoms with E-state index in [-0.39, 0.29) is 0 Å². The van der Waals surface area contributed by atoms with Gasteiger partial charge in [-0.1, -0.05) is 6.07 Å². The molecule has 2 N–H and O–H groups in total. The molecule has 1 aromatic heterocycles. The maximum atomic E-state index is 5.75. The average Bonchev–Trinajstić information content (AvgIpc) is 2.29. The second-order valence-corrected chi connectivity index (χ2v) is 3.50. The molecule has 4 nitrogen and oxygen atoms in total. The van der Waals surface area contributed by atoms with Crippen molar-refractivity contribution >= 4 is 5.69 Å². The molecule has 0 fully saturated rings. The van der Waals surface area contributed by atoms with Crippen LogP contribution in [0.15, 0.2) is 30.6 Å². The van der Waals surface area contributed by atoms with Gasteiger partial charge in [0.05, 0.1) is 18.5 Å². The number of methoxy groups -OCH3 is 1. The number of benzene rings is 1. The average molecular weight is 215 g/mol. The number of nitrogens with two attached hydrogens (primary N) is 1. The van der Waals surface area contributed by atoms with Gasteiger partial charge in [0.25, 0.3) is 0 Å². The van der Waals surface area contributed by atoms with Gasteiger partial charge < -0.3 is 10.5 Å². The lowest BCUT2D eigenvalue weighted by Crippen LogP contribution is -1.93. The first-order chi connectivity index (χ1) is 7.70. The number of anilines is 1. The highest BCUT2D eigenvalue weighted by Crippen LogP contribution is 2.27. The molecule has 0 saturated carbocycles. The van der Waals surface area contributed by atoms with Gasteiger partial charge in [-0.05, 0) is 25.1 Å². The van der Waals surface area contributed by atoms with Gasteiger partial charge >= 0.3 is 0 Å². The summed E-state index contributed by atoms with van der Waals surface area (Å²) in [6, 6.07) is 7.52. The van der Waals surface area contributed by atoms with Crippen molar-refractivity contribution in [3.63, 3.8) is 0 Å². The summed E-state index contributed by atoms with van der Waals surface area (Å²) in [7, 11) is 1.60. The molecule has 0 atom stereocenters. The molecule has 0 saturated heterocycles. The van der Waals surface area contributed by atoms with Crippen LogP contribution in [0, 0.1) is 6.92 Å². The normalized spacial score (nSPS) is 10.1. The molecular formula is C12H13N3O. The summed E-state index contributed by atoms with van der Waals surface area (Å²) in [5.41, 5.74) is 9.14. The predicted octanol–water partition coefficient (Wildman–Crippen LogP) is 2.04. The van der Waals surface area contributed by atoms with E-state index in [4.69, 9.17) is 10.5 Å². The number of hydrogen-bond acceptors (Lipinski definition) is 4. The van der Waals surface area contributed by atoms with Crippen molar-refractivity contribution in [3.05, 3.63) is 36.3 Å². The first-order valence-electron chi connectivity index (χ1n) is 4.93. The first-order valence-corrected chi connectivity index (χ1v) is 4.93. The monoisotopic (exact) mass is 215 g/mol. The second kappa shape index (κ2) is 4.18. The summed E-state index contributed by atoms with van der Waals surface area (Å²) < 4.78 is 5.17. The van der Waals surface area contributed by atoms with Crippen molar-refractivity contribution in [3.8, 4) is 17.0 Å². The van der Waals surface area contributed by atoms with Crippen LogP contribution in [0.5, 0.6) is 5.75 Å². The lowest BCUT2D eigenvalue weighted by Gasteiger charge is -2.07. The largest absolute Gasteiger partial charge is 0.495 e. The van der Waals surface area contributed by atoms with Gasteiger partial charge in [0.1, 0.15) is 12.1 Å². The summed E-state index contributed by atoms with van der Waals surface area (Å²) in [5.74, 6) is 0.661. The van der Waals surface area contributed by atoms with Gasteiger partial charge in [-0.3, -0.25) is 0 Å². The number of aryl methyl sites for hydroxylation is 1. The Kier molecular flexibility index (Phi) is 2.72. The second-order valence-electron chi connectivity index (χ2n) is 3.50. The Morgan fingerprint density at radius 3 is 2.69 bits per heavy atom. The third kappa shape index (κ3) is 1.95. The van der Waals surface area contributed by atoms with Crippen LogP contribution in [-0.2, 0) is 0 Å². The molecular weight excluding hydrogens is 202 g/mol. The molecule has 0 aliphatic rings. The first kappa shape index (κ1) is 10.4. The van der Waals surface area contributed by atoms with Crippen molar-refractivity contribution in [2.24, 2.45) is 0 Å². The Morgan fingerprint density at radius 2 is 2.00 bits per heavy atom. The summed E-state index contributed by atoms with van der Waals surface area (Å²) in [6.07, 6.45) is 1.55. The van der Waals surface area contributed by atoms with E-state index in [0.29, 0.717) is 11.4 Å². The van der Waals surface area contributed by atoms with Crippen LogP contribution < -0.4 is 10.5 Å². The highest BCUT2D eigenvalue weighted by atomic mass is 16.5. The molecule has 0 aliphatic heterocycles. The van der Waals surface area contributed by atoms with E-state index in [0.717, 1.165) is 17.0 Å². The fraction of sp³-hybridized carbons (Fsp3) is 0.167. The molecule has 0 amide bonds. The predicted molar refractivity (Wildman–Crippen MR) is 63.2 cm³/mol. The molecule has 2 aromatic rings. The van der Waals surface area contributed by atoms with Crippen LogP contribution in [-0.4, -0.2) is 17.1 Å². The molecule has 0 aliphatic carbocycles. The van der Waals surface area contributed by atoms with Gasteiger partial charge in [-0.25, -0.2) is 9.97 Å². The molecule has 82 valence electrons. The topological polar surface area (TPSA) is 61.0 Å². The summed E-state index contributed by atoms with van der Waals surface area (Å²) in [6.45, 7) is 1.93. The Bertz CT molecular complexity index is 511. The van der Waals surface area contributed by atoms with Crippen LogP contribution in [0.25, 0.3) is 11.3 Å². The molecule has 1 aromatic carbocycles. The number of nitrogens with zero attached hydrogens (tertiary/aromatic N) is 2. The third-order valence-corrected chi connectivity index (χ3v) is 2.33. The SMILES string of the molecule is COc1cc(-c2cc(C)ncn2)ccc1N. The highest BCUT2D eigenvalue weighted by Gasteiger charge is 2.04. The lowest BCUT2D eigenvalue weighted by molar-refractivity contribution is 0.417. The smallest absolute Gasteiger partial charge is 0.142 e. The van der Waals surface area contributed by atoms with Gasteiger partial charge in [-0.2, -0.15) is 0 Å². The van der Waals surface area contributed by atoms with Gasteiger partial charge in [0.2, 0.25) is 0 Å². The quantitative estimate of drug-likeness (QED) is 0.779. The van der Waals surface area contributed by atoms with E-state index in [2.05, 4.69) is 9.97 Å². The zero-order valence-corrected chi connectivity index (χ0v) is 9.27. The minimum absolute atomic E-state index is 0.622. The number of rotatable bonds is 2. The van der Waals surface area contributed by atoms with Crippen LogP contribution in [0.4, 0.5) is 5.69 Å². The Labute approximate surface area is 94.1 Å². The number of aromatic nitrogens is 2. The Hall–Kier alpha value is -2.10.